The number of carbonyl (C=O) groups is 1. The molecule has 0 saturated heterocycles. The number of halogens is 2. The molecule has 0 saturated carbocycles. The Labute approximate surface area is 138 Å². The Bertz CT molecular complexity index is 662. The fourth-order valence-electron chi connectivity index (χ4n) is 1.89. The number of nitrogens with zero attached hydrogens (tertiary/aromatic N) is 2. The Morgan fingerprint density at radius 2 is 2.00 bits per heavy atom. The van der Waals surface area contributed by atoms with Crippen LogP contribution in [0.3, 0.4) is 0 Å². The molecule has 0 aliphatic rings. The maximum Gasteiger partial charge on any atom is 0.272 e. The van der Waals surface area contributed by atoms with Gasteiger partial charge in [-0.3, -0.25) is 4.79 Å². The van der Waals surface area contributed by atoms with Gasteiger partial charge in [0.2, 0.25) is 0 Å². The predicted molar refractivity (Wildman–Crippen MR) is 85.2 cm³/mol. The van der Waals surface area contributed by atoms with Crippen molar-refractivity contribution in [2.24, 2.45) is 0 Å². The quantitative estimate of drug-likeness (QED) is 0.878. The summed E-state index contributed by atoms with van der Waals surface area (Å²) >= 11 is 11.8. The third-order valence-electron chi connectivity index (χ3n) is 3.09. The number of rotatable bonds is 5. The summed E-state index contributed by atoms with van der Waals surface area (Å²) in [6.45, 7) is 1.63. The first-order chi connectivity index (χ1) is 10.5. The highest BCUT2D eigenvalue weighted by molar-refractivity contribution is 6.33. The lowest BCUT2D eigenvalue weighted by molar-refractivity contribution is 0.0911. The standard InChI is InChI=1S/C15H15Cl2N3O2/c1-2-13-18-7-11(17)14(20-13)15(22)19-12(8-21)9-3-5-10(16)6-4-9/h3-7,12,21H,2,8H2,1H3,(H,19,22)/t12-/m0/s1. The van der Waals surface area contributed by atoms with E-state index in [2.05, 4.69) is 15.3 Å². The van der Waals surface area contributed by atoms with Crippen LogP contribution in [0, 0.1) is 0 Å². The summed E-state index contributed by atoms with van der Waals surface area (Å²) in [6.07, 6.45) is 2.00. The molecule has 22 heavy (non-hydrogen) atoms. The summed E-state index contributed by atoms with van der Waals surface area (Å²) in [7, 11) is 0. The van der Waals surface area contributed by atoms with Crippen LogP contribution in [0.4, 0.5) is 0 Å². The molecule has 1 amide bonds. The summed E-state index contributed by atoms with van der Waals surface area (Å²) in [5.41, 5.74) is 0.835. The summed E-state index contributed by atoms with van der Waals surface area (Å²) in [6, 6.07) is 6.29. The maximum atomic E-state index is 12.3. The van der Waals surface area contributed by atoms with Gasteiger partial charge in [-0.25, -0.2) is 9.97 Å². The molecule has 0 aliphatic heterocycles. The summed E-state index contributed by atoms with van der Waals surface area (Å²) < 4.78 is 0. The summed E-state index contributed by atoms with van der Waals surface area (Å²) in [5, 5.41) is 13.0. The van der Waals surface area contributed by atoms with Crippen molar-refractivity contribution >= 4 is 29.1 Å². The molecule has 5 nitrogen and oxygen atoms in total. The first-order valence-electron chi connectivity index (χ1n) is 6.73. The number of aromatic nitrogens is 2. The van der Waals surface area contributed by atoms with Gasteiger partial charge in [-0.2, -0.15) is 0 Å². The van der Waals surface area contributed by atoms with Crippen LogP contribution in [0.25, 0.3) is 0 Å². The third-order valence-corrected chi connectivity index (χ3v) is 3.61. The van der Waals surface area contributed by atoms with Gasteiger partial charge in [0, 0.05) is 11.4 Å². The second kappa shape index (κ2) is 7.54. The molecule has 1 aromatic carbocycles. The molecular formula is C15H15Cl2N3O2. The molecule has 2 N–H and O–H groups in total. The minimum Gasteiger partial charge on any atom is -0.394 e. The monoisotopic (exact) mass is 339 g/mol. The first kappa shape index (κ1) is 16.7. The fourth-order valence-corrected chi connectivity index (χ4v) is 2.19. The number of hydrogen-bond donors (Lipinski definition) is 2. The highest BCUT2D eigenvalue weighted by atomic mass is 35.5. The number of aliphatic hydroxyl groups is 1. The van der Waals surface area contributed by atoms with E-state index in [0.29, 0.717) is 17.3 Å². The molecule has 0 fully saturated rings. The lowest BCUT2D eigenvalue weighted by atomic mass is 10.1. The smallest absolute Gasteiger partial charge is 0.272 e. The Morgan fingerprint density at radius 3 is 2.59 bits per heavy atom. The van der Waals surface area contributed by atoms with Gasteiger partial charge < -0.3 is 10.4 Å². The van der Waals surface area contributed by atoms with E-state index in [4.69, 9.17) is 23.2 Å². The molecule has 1 aromatic heterocycles. The lowest BCUT2D eigenvalue weighted by Crippen LogP contribution is -2.31. The van der Waals surface area contributed by atoms with Crippen LogP contribution in [0.5, 0.6) is 0 Å². The Hall–Kier alpha value is -1.69. The third kappa shape index (κ3) is 3.94. The van der Waals surface area contributed by atoms with E-state index >= 15 is 0 Å². The molecule has 1 atom stereocenters. The van der Waals surface area contributed by atoms with E-state index in [1.54, 1.807) is 24.3 Å². The zero-order valence-corrected chi connectivity index (χ0v) is 13.4. The number of hydrogen-bond acceptors (Lipinski definition) is 4. The maximum absolute atomic E-state index is 12.3. The van der Waals surface area contributed by atoms with Crippen LogP contribution in [-0.2, 0) is 6.42 Å². The van der Waals surface area contributed by atoms with Gasteiger partial charge in [0.25, 0.3) is 5.91 Å². The fraction of sp³-hybridized carbons (Fsp3) is 0.267. The Balaban J connectivity index is 2.20. The molecule has 0 aliphatic carbocycles. The van der Waals surface area contributed by atoms with E-state index < -0.39 is 11.9 Å². The van der Waals surface area contributed by atoms with Crippen LogP contribution in [-0.4, -0.2) is 27.6 Å². The topological polar surface area (TPSA) is 75.1 Å². The number of nitrogens with one attached hydrogen (secondary N) is 1. The summed E-state index contributed by atoms with van der Waals surface area (Å²) in [4.78, 5) is 20.5. The minimum absolute atomic E-state index is 0.0981. The largest absolute Gasteiger partial charge is 0.394 e. The van der Waals surface area contributed by atoms with Crippen molar-refractivity contribution in [1.82, 2.24) is 15.3 Å². The van der Waals surface area contributed by atoms with E-state index in [1.807, 2.05) is 6.92 Å². The van der Waals surface area contributed by atoms with Crippen LogP contribution in [0.1, 0.15) is 34.8 Å². The van der Waals surface area contributed by atoms with Gasteiger partial charge in [0.15, 0.2) is 0 Å². The van der Waals surface area contributed by atoms with Gasteiger partial charge in [-0.1, -0.05) is 42.3 Å². The van der Waals surface area contributed by atoms with Gasteiger partial charge in [0.1, 0.15) is 11.5 Å². The highest BCUT2D eigenvalue weighted by Gasteiger charge is 2.19. The molecule has 116 valence electrons. The van der Waals surface area contributed by atoms with Crippen LogP contribution < -0.4 is 5.32 Å². The number of aryl methyl sites for hydroxylation is 1. The number of aliphatic hydroxyl groups excluding tert-OH is 1. The SMILES string of the molecule is CCc1ncc(Cl)c(C(=O)N[C@@H](CO)c2ccc(Cl)cc2)n1. The zero-order chi connectivity index (χ0) is 16.1. The predicted octanol–water partition coefficient (Wildman–Crippen LogP) is 2.81. The van der Waals surface area contributed by atoms with Gasteiger partial charge in [-0.15, -0.1) is 0 Å². The molecule has 7 heteroatoms. The van der Waals surface area contributed by atoms with Crippen molar-refractivity contribution in [2.75, 3.05) is 6.61 Å². The highest BCUT2D eigenvalue weighted by Crippen LogP contribution is 2.18. The Morgan fingerprint density at radius 1 is 1.32 bits per heavy atom. The van der Waals surface area contributed by atoms with E-state index in [-0.39, 0.29) is 17.3 Å². The molecule has 1 heterocycles. The van der Waals surface area contributed by atoms with E-state index in [1.165, 1.54) is 6.20 Å². The molecule has 0 unspecified atom stereocenters. The van der Waals surface area contributed by atoms with Gasteiger partial charge in [0.05, 0.1) is 23.9 Å². The van der Waals surface area contributed by atoms with Gasteiger partial charge >= 0.3 is 0 Å². The number of carbonyl (C=O) groups excluding carboxylic acids is 1. The van der Waals surface area contributed by atoms with Crippen LogP contribution in [0.15, 0.2) is 30.5 Å². The van der Waals surface area contributed by atoms with Crippen molar-refractivity contribution in [3.63, 3.8) is 0 Å². The Kier molecular flexibility index (Phi) is 5.71. The van der Waals surface area contributed by atoms with Crippen molar-refractivity contribution in [2.45, 2.75) is 19.4 Å². The van der Waals surface area contributed by atoms with Crippen molar-refractivity contribution in [3.8, 4) is 0 Å². The van der Waals surface area contributed by atoms with E-state index in [0.717, 1.165) is 5.56 Å². The molecular weight excluding hydrogens is 325 g/mol. The number of amides is 1. The van der Waals surface area contributed by atoms with Crippen molar-refractivity contribution < 1.29 is 9.90 Å². The molecule has 0 spiro atoms. The normalized spacial score (nSPS) is 12.0. The molecule has 2 rings (SSSR count). The number of benzene rings is 1. The van der Waals surface area contributed by atoms with Gasteiger partial charge in [-0.05, 0) is 17.7 Å². The van der Waals surface area contributed by atoms with Crippen molar-refractivity contribution in [1.29, 1.82) is 0 Å². The lowest BCUT2D eigenvalue weighted by Gasteiger charge is -2.17. The molecule has 2 aromatic rings. The zero-order valence-electron chi connectivity index (χ0n) is 11.9. The van der Waals surface area contributed by atoms with Crippen molar-refractivity contribution in [3.05, 3.63) is 57.6 Å². The molecule has 0 bridgehead atoms. The van der Waals surface area contributed by atoms with E-state index in [9.17, 15) is 9.90 Å². The summed E-state index contributed by atoms with van der Waals surface area (Å²) in [5.74, 6) is 0.0673. The van der Waals surface area contributed by atoms with Crippen LogP contribution in [0.2, 0.25) is 10.0 Å². The van der Waals surface area contributed by atoms with Crippen LogP contribution >= 0.6 is 23.2 Å². The second-order valence-corrected chi connectivity index (χ2v) is 5.44. The molecule has 0 radical (unpaired) electrons. The average Bonchev–Trinajstić information content (AvgIpc) is 2.53. The first-order valence-corrected chi connectivity index (χ1v) is 7.49. The minimum atomic E-state index is -0.569. The second-order valence-electron chi connectivity index (χ2n) is 4.60. The average molecular weight is 340 g/mol.